The van der Waals surface area contributed by atoms with E-state index >= 15 is 0 Å². The van der Waals surface area contributed by atoms with Crippen LogP contribution in [0.3, 0.4) is 0 Å². The van der Waals surface area contributed by atoms with E-state index in [0.717, 1.165) is 10.9 Å². The number of aliphatic hydroxyl groups is 1. The van der Waals surface area contributed by atoms with Gasteiger partial charge in [0.15, 0.2) is 6.10 Å². The summed E-state index contributed by atoms with van der Waals surface area (Å²) in [7, 11) is 1.55. The van der Waals surface area contributed by atoms with E-state index in [1.54, 1.807) is 31.4 Å². The molecule has 1 aromatic carbocycles. The molecule has 10 heteroatoms. The number of benzene rings is 1. The number of amides is 3. The molecule has 2 aromatic rings. The molecule has 0 spiro atoms. The lowest BCUT2D eigenvalue weighted by molar-refractivity contribution is -0.126. The van der Waals surface area contributed by atoms with E-state index in [9.17, 15) is 24.8 Å². The summed E-state index contributed by atoms with van der Waals surface area (Å²) in [6, 6.07) is 6.98. The summed E-state index contributed by atoms with van der Waals surface area (Å²) < 4.78 is 5.34. The van der Waals surface area contributed by atoms with Crippen molar-refractivity contribution in [1.29, 1.82) is 5.26 Å². The van der Waals surface area contributed by atoms with Gasteiger partial charge in [0.05, 0.1) is 19.2 Å². The number of H-pyrrole nitrogens is 1. The fraction of sp³-hybridized carbons (Fsp3) is 0.500. The normalized spacial score (nSPS) is 18.1. The lowest BCUT2D eigenvalue weighted by atomic mass is 9.94. The van der Waals surface area contributed by atoms with Crippen molar-refractivity contribution < 1.29 is 24.2 Å². The van der Waals surface area contributed by atoms with Gasteiger partial charge < -0.3 is 30.8 Å². The fourth-order valence-electron chi connectivity index (χ4n) is 4.18. The zero-order valence-electron chi connectivity index (χ0n) is 19.6. The van der Waals surface area contributed by atoms with E-state index in [2.05, 4.69) is 20.9 Å². The lowest BCUT2D eigenvalue weighted by Crippen LogP contribution is -2.53. The van der Waals surface area contributed by atoms with Crippen LogP contribution in [0.5, 0.6) is 5.75 Å². The standard InChI is InChI=1S/C24H31N5O5/c1-13(2)9-18(23(32)28-17(20(30)12-25)10-14-7-8-26-22(14)31)29-24(33)19-11-15-16(27-19)5-4-6-21(15)34-3/h4-6,11,13-14,17-18,20,27,30H,7-10H2,1-3H3,(H,26,31)(H,28,32)(H,29,33)/t14-,17-,18-,20-/m0/s1. The summed E-state index contributed by atoms with van der Waals surface area (Å²) >= 11 is 0. The number of nitrogens with one attached hydrogen (secondary N) is 4. The van der Waals surface area contributed by atoms with Crippen molar-refractivity contribution in [2.45, 2.75) is 51.3 Å². The van der Waals surface area contributed by atoms with Gasteiger partial charge in [-0.15, -0.1) is 0 Å². The van der Waals surface area contributed by atoms with E-state index < -0.39 is 35.9 Å². The summed E-state index contributed by atoms with van der Waals surface area (Å²) in [5.74, 6) is -0.842. The Morgan fingerprint density at radius 1 is 1.32 bits per heavy atom. The van der Waals surface area contributed by atoms with Gasteiger partial charge in [-0.1, -0.05) is 19.9 Å². The molecule has 3 rings (SSSR count). The number of ether oxygens (including phenoxy) is 1. The maximum Gasteiger partial charge on any atom is 0.268 e. The second kappa shape index (κ2) is 11.0. The van der Waals surface area contributed by atoms with Crippen molar-refractivity contribution in [1.82, 2.24) is 20.9 Å². The maximum absolute atomic E-state index is 13.1. The van der Waals surface area contributed by atoms with Crippen LogP contribution in [0.15, 0.2) is 24.3 Å². The number of carbonyl (C=O) groups is 3. The maximum atomic E-state index is 13.1. The second-order valence-corrected chi connectivity index (χ2v) is 8.96. The largest absolute Gasteiger partial charge is 0.496 e. The number of nitrogens with zero attached hydrogens (tertiary/aromatic N) is 1. The average molecular weight is 470 g/mol. The van der Waals surface area contributed by atoms with E-state index in [4.69, 9.17) is 4.74 Å². The molecule has 4 atom stereocenters. The number of nitriles is 1. The average Bonchev–Trinajstić information content (AvgIpc) is 3.43. The number of aliphatic hydroxyl groups excluding tert-OH is 1. The van der Waals surface area contributed by atoms with E-state index in [1.807, 2.05) is 19.9 Å². The number of hydrogen-bond donors (Lipinski definition) is 5. The summed E-state index contributed by atoms with van der Waals surface area (Å²) in [5, 5.41) is 28.3. The van der Waals surface area contributed by atoms with E-state index in [1.165, 1.54) is 0 Å². The summed E-state index contributed by atoms with van der Waals surface area (Å²) in [6.45, 7) is 4.36. The van der Waals surface area contributed by atoms with E-state index in [-0.39, 0.29) is 23.9 Å². The number of rotatable bonds is 10. The zero-order valence-corrected chi connectivity index (χ0v) is 19.6. The molecule has 3 amide bonds. The topological polar surface area (TPSA) is 156 Å². The van der Waals surface area contributed by atoms with Crippen LogP contribution in [0.2, 0.25) is 0 Å². The molecule has 1 aliphatic heterocycles. The summed E-state index contributed by atoms with van der Waals surface area (Å²) in [4.78, 5) is 41.1. The van der Waals surface area contributed by atoms with Gasteiger partial charge in [-0.2, -0.15) is 5.26 Å². The first-order valence-corrected chi connectivity index (χ1v) is 11.4. The van der Waals surface area contributed by atoms with Crippen molar-refractivity contribution >= 4 is 28.6 Å². The van der Waals surface area contributed by atoms with Crippen molar-refractivity contribution in [3.8, 4) is 11.8 Å². The fourth-order valence-corrected chi connectivity index (χ4v) is 4.18. The first kappa shape index (κ1) is 25.1. The minimum atomic E-state index is -1.48. The Morgan fingerprint density at radius 3 is 2.71 bits per heavy atom. The Hall–Kier alpha value is -3.58. The molecule has 2 heterocycles. The number of methoxy groups -OCH3 is 1. The van der Waals surface area contributed by atoms with Crippen LogP contribution in [0.1, 0.15) is 43.6 Å². The molecule has 10 nitrogen and oxygen atoms in total. The minimum absolute atomic E-state index is 0.0822. The van der Waals surface area contributed by atoms with Crippen LogP contribution in [-0.2, 0) is 9.59 Å². The third kappa shape index (κ3) is 5.85. The van der Waals surface area contributed by atoms with Crippen LogP contribution in [-0.4, -0.2) is 59.7 Å². The van der Waals surface area contributed by atoms with Gasteiger partial charge in [0, 0.05) is 23.4 Å². The number of aromatic nitrogens is 1. The quantitative estimate of drug-likeness (QED) is 0.329. The number of fused-ring (bicyclic) bond motifs is 1. The predicted molar refractivity (Wildman–Crippen MR) is 125 cm³/mol. The third-order valence-corrected chi connectivity index (χ3v) is 5.96. The van der Waals surface area contributed by atoms with Crippen LogP contribution < -0.4 is 20.7 Å². The van der Waals surface area contributed by atoms with Gasteiger partial charge in [0.25, 0.3) is 5.91 Å². The van der Waals surface area contributed by atoms with Crippen molar-refractivity contribution in [3.63, 3.8) is 0 Å². The molecule has 182 valence electrons. The molecule has 1 saturated heterocycles. The van der Waals surface area contributed by atoms with E-state index in [0.29, 0.717) is 25.1 Å². The van der Waals surface area contributed by atoms with Gasteiger partial charge in [-0.25, -0.2) is 0 Å². The van der Waals surface area contributed by atoms with Crippen LogP contribution in [0.4, 0.5) is 0 Å². The highest BCUT2D eigenvalue weighted by Gasteiger charge is 2.33. The molecule has 1 aliphatic rings. The molecule has 34 heavy (non-hydrogen) atoms. The van der Waals surface area contributed by atoms with Gasteiger partial charge in [-0.3, -0.25) is 14.4 Å². The minimum Gasteiger partial charge on any atom is -0.496 e. The number of aromatic amines is 1. The van der Waals surface area contributed by atoms with Crippen molar-refractivity contribution in [2.24, 2.45) is 11.8 Å². The highest BCUT2D eigenvalue weighted by Crippen LogP contribution is 2.26. The molecule has 1 aromatic heterocycles. The molecule has 0 aliphatic carbocycles. The molecular formula is C24H31N5O5. The molecule has 0 unspecified atom stereocenters. The third-order valence-electron chi connectivity index (χ3n) is 5.96. The Bertz CT molecular complexity index is 1090. The lowest BCUT2D eigenvalue weighted by Gasteiger charge is -2.26. The molecule has 0 saturated carbocycles. The first-order chi connectivity index (χ1) is 16.2. The van der Waals surface area contributed by atoms with Crippen LogP contribution in [0.25, 0.3) is 10.9 Å². The van der Waals surface area contributed by atoms with Crippen molar-refractivity contribution in [3.05, 3.63) is 30.0 Å². The van der Waals surface area contributed by atoms with Gasteiger partial charge >= 0.3 is 0 Å². The highest BCUT2D eigenvalue weighted by molar-refractivity contribution is 6.01. The second-order valence-electron chi connectivity index (χ2n) is 8.96. The molecule has 1 fully saturated rings. The smallest absolute Gasteiger partial charge is 0.268 e. The Labute approximate surface area is 198 Å². The monoisotopic (exact) mass is 469 g/mol. The van der Waals surface area contributed by atoms with Gasteiger partial charge in [0.1, 0.15) is 17.5 Å². The van der Waals surface area contributed by atoms with Crippen LogP contribution >= 0.6 is 0 Å². The Kier molecular flexibility index (Phi) is 8.12. The van der Waals surface area contributed by atoms with Crippen LogP contribution in [0, 0.1) is 23.2 Å². The summed E-state index contributed by atoms with van der Waals surface area (Å²) in [5.41, 5.74) is 0.999. The molecule has 5 N–H and O–H groups in total. The Balaban J connectivity index is 1.75. The SMILES string of the molecule is COc1cccc2[nH]c(C(=O)N[C@@H](CC(C)C)C(=O)N[C@@H](C[C@@H]3CCNC3=O)[C@@H](O)C#N)cc12. The predicted octanol–water partition coefficient (Wildman–Crippen LogP) is 1.22. The first-order valence-electron chi connectivity index (χ1n) is 11.4. The molecular weight excluding hydrogens is 438 g/mol. The number of carbonyl (C=O) groups excluding carboxylic acids is 3. The molecule has 0 radical (unpaired) electrons. The highest BCUT2D eigenvalue weighted by atomic mass is 16.5. The van der Waals surface area contributed by atoms with Gasteiger partial charge in [0.2, 0.25) is 11.8 Å². The van der Waals surface area contributed by atoms with Gasteiger partial charge in [-0.05, 0) is 43.4 Å². The Morgan fingerprint density at radius 2 is 2.09 bits per heavy atom. The van der Waals surface area contributed by atoms with Crippen molar-refractivity contribution in [2.75, 3.05) is 13.7 Å². The summed E-state index contributed by atoms with van der Waals surface area (Å²) in [6.07, 6.45) is -0.426. The number of hydrogen-bond acceptors (Lipinski definition) is 6. The molecule has 0 bridgehead atoms. The zero-order chi connectivity index (χ0) is 24.8.